The van der Waals surface area contributed by atoms with Crippen molar-refractivity contribution >= 4 is 17.3 Å². The molecule has 1 fully saturated rings. The number of rotatable bonds is 4. The summed E-state index contributed by atoms with van der Waals surface area (Å²) >= 11 is 0. The zero-order chi connectivity index (χ0) is 17.8. The summed E-state index contributed by atoms with van der Waals surface area (Å²) in [5.41, 5.74) is 2.70. The lowest BCUT2D eigenvalue weighted by molar-refractivity contribution is -0.117. The number of carbonyl (C=O) groups is 1. The van der Waals surface area contributed by atoms with Gasteiger partial charge in [-0.2, -0.15) is 0 Å². The minimum atomic E-state index is -0.409. The number of nitrogens with one attached hydrogen (secondary N) is 1. The van der Waals surface area contributed by atoms with E-state index in [4.69, 9.17) is 0 Å². The molecule has 1 saturated heterocycles. The van der Waals surface area contributed by atoms with Crippen LogP contribution in [0.4, 0.5) is 15.8 Å². The summed E-state index contributed by atoms with van der Waals surface area (Å²) < 4.78 is 13.6. The number of anilines is 2. The normalized spacial score (nSPS) is 18.2. The van der Waals surface area contributed by atoms with Gasteiger partial charge in [0.05, 0.1) is 12.2 Å². The zero-order valence-corrected chi connectivity index (χ0v) is 14.7. The van der Waals surface area contributed by atoms with E-state index >= 15 is 0 Å². The lowest BCUT2D eigenvalue weighted by atomic mass is 10.1. The van der Waals surface area contributed by atoms with Crippen molar-refractivity contribution in [2.45, 2.75) is 19.9 Å². The molecule has 0 radical (unpaired) electrons. The third-order valence-corrected chi connectivity index (χ3v) is 4.59. The van der Waals surface area contributed by atoms with Gasteiger partial charge in [-0.1, -0.05) is 29.8 Å². The van der Waals surface area contributed by atoms with Gasteiger partial charge in [0.25, 0.3) is 0 Å². The van der Waals surface area contributed by atoms with E-state index < -0.39 is 5.82 Å². The number of hydrogen-bond donors (Lipinski definition) is 1. The molecule has 132 valence electrons. The Bertz CT molecular complexity index is 732. The van der Waals surface area contributed by atoms with Gasteiger partial charge in [0.1, 0.15) is 5.82 Å². The molecule has 0 saturated carbocycles. The molecule has 2 aromatic rings. The molecule has 4 nitrogen and oxygen atoms in total. The summed E-state index contributed by atoms with van der Waals surface area (Å²) in [7, 11) is 0. The van der Waals surface area contributed by atoms with E-state index in [2.05, 4.69) is 53.2 Å². The van der Waals surface area contributed by atoms with Crippen molar-refractivity contribution in [1.29, 1.82) is 0 Å². The number of aryl methyl sites for hydroxylation is 1. The first-order chi connectivity index (χ1) is 12.0. The number of halogens is 1. The maximum Gasteiger partial charge on any atom is 0.238 e. The molecule has 1 N–H and O–H groups in total. The number of nitrogens with zero attached hydrogens (tertiary/aromatic N) is 2. The molecule has 0 aromatic heterocycles. The Labute approximate surface area is 148 Å². The van der Waals surface area contributed by atoms with Gasteiger partial charge in [0, 0.05) is 31.4 Å². The average molecular weight is 341 g/mol. The van der Waals surface area contributed by atoms with Gasteiger partial charge in [-0.05, 0) is 38.1 Å². The summed E-state index contributed by atoms with van der Waals surface area (Å²) in [4.78, 5) is 16.7. The molecule has 0 spiro atoms. The van der Waals surface area contributed by atoms with Crippen LogP contribution in [0.2, 0.25) is 0 Å². The second kappa shape index (κ2) is 7.66. The van der Waals surface area contributed by atoms with Gasteiger partial charge in [0.15, 0.2) is 0 Å². The standard InChI is InChI=1S/C20H24FN3O/c1-15-7-9-17(10-8-15)24-12-11-23(13-16(24)2)14-20(25)22-19-6-4-3-5-18(19)21/h3-10,16H,11-14H2,1-2H3,(H,22,25). The second-order valence-corrected chi connectivity index (χ2v) is 6.64. The largest absolute Gasteiger partial charge is 0.366 e. The molecule has 2 aromatic carbocycles. The van der Waals surface area contributed by atoms with Crippen LogP contribution in [-0.4, -0.2) is 43.0 Å². The predicted molar refractivity (Wildman–Crippen MR) is 99.5 cm³/mol. The number of amides is 1. The van der Waals surface area contributed by atoms with Crippen LogP contribution in [0.15, 0.2) is 48.5 Å². The molecule has 25 heavy (non-hydrogen) atoms. The second-order valence-electron chi connectivity index (χ2n) is 6.64. The monoisotopic (exact) mass is 341 g/mol. The Morgan fingerprint density at radius 2 is 1.88 bits per heavy atom. The van der Waals surface area contributed by atoms with E-state index in [1.165, 1.54) is 17.3 Å². The Morgan fingerprint density at radius 3 is 2.56 bits per heavy atom. The summed E-state index contributed by atoms with van der Waals surface area (Å²) in [5, 5.41) is 2.65. The Balaban J connectivity index is 1.55. The van der Waals surface area contributed by atoms with E-state index in [-0.39, 0.29) is 18.1 Å². The first kappa shape index (κ1) is 17.4. The molecule has 1 aliphatic rings. The number of hydrogen-bond acceptors (Lipinski definition) is 3. The highest BCUT2D eigenvalue weighted by Crippen LogP contribution is 2.21. The SMILES string of the molecule is Cc1ccc(N2CCN(CC(=O)Nc3ccccc3F)CC2C)cc1. The molecule has 1 aliphatic heterocycles. The van der Waals surface area contributed by atoms with Crippen LogP contribution < -0.4 is 10.2 Å². The Hall–Kier alpha value is -2.40. The van der Waals surface area contributed by atoms with Crippen LogP contribution >= 0.6 is 0 Å². The van der Waals surface area contributed by atoms with Crippen LogP contribution in [0.5, 0.6) is 0 Å². The summed E-state index contributed by atoms with van der Waals surface area (Å²) in [5.74, 6) is -0.588. The molecule has 0 aliphatic carbocycles. The maximum absolute atomic E-state index is 13.6. The predicted octanol–water partition coefficient (Wildman–Crippen LogP) is 3.28. The van der Waals surface area contributed by atoms with E-state index in [1.807, 2.05) is 0 Å². The summed E-state index contributed by atoms with van der Waals surface area (Å²) in [6, 6.07) is 15.1. The number of para-hydroxylation sites is 1. The molecule has 1 amide bonds. The van der Waals surface area contributed by atoms with Crippen LogP contribution in [0.25, 0.3) is 0 Å². The molecule has 5 heteroatoms. The molecule has 1 heterocycles. The van der Waals surface area contributed by atoms with Crippen molar-refractivity contribution in [2.24, 2.45) is 0 Å². The molecule has 1 unspecified atom stereocenters. The molecular weight excluding hydrogens is 317 g/mol. The van der Waals surface area contributed by atoms with Crippen molar-refractivity contribution in [1.82, 2.24) is 4.90 Å². The maximum atomic E-state index is 13.6. The zero-order valence-electron chi connectivity index (χ0n) is 14.7. The Kier molecular flexibility index (Phi) is 5.34. The molecule has 3 rings (SSSR count). The van der Waals surface area contributed by atoms with Gasteiger partial charge < -0.3 is 10.2 Å². The third-order valence-electron chi connectivity index (χ3n) is 4.59. The number of piperazine rings is 1. The number of benzene rings is 2. The van der Waals surface area contributed by atoms with Gasteiger partial charge in [-0.15, -0.1) is 0 Å². The van der Waals surface area contributed by atoms with Crippen LogP contribution in [0.3, 0.4) is 0 Å². The number of carbonyl (C=O) groups excluding carboxylic acids is 1. The van der Waals surface area contributed by atoms with Gasteiger partial charge in [-0.3, -0.25) is 9.69 Å². The van der Waals surface area contributed by atoms with Gasteiger partial charge in [0.2, 0.25) is 5.91 Å². The van der Waals surface area contributed by atoms with Crippen LogP contribution in [0, 0.1) is 12.7 Å². The highest BCUT2D eigenvalue weighted by atomic mass is 19.1. The van der Waals surface area contributed by atoms with Crippen LogP contribution in [-0.2, 0) is 4.79 Å². The topological polar surface area (TPSA) is 35.6 Å². The molecular formula is C20H24FN3O. The summed E-state index contributed by atoms with van der Waals surface area (Å²) in [6.45, 7) is 7.01. The molecule has 1 atom stereocenters. The first-order valence-corrected chi connectivity index (χ1v) is 8.63. The summed E-state index contributed by atoms with van der Waals surface area (Å²) in [6.07, 6.45) is 0. The fourth-order valence-corrected chi connectivity index (χ4v) is 3.25. The lowest BCUT2D eigenvalue weighted by Gasteiger charge is -2.41. The first-order valence-electron chi connectivity index (χ1n) is 8.63. The van der Waals surface area contributed by atoms with Crippen molar-refractivity contribution in [3.05, 3.63) is 59.9 Å². The minimum absolute atomic E-state index is 0.180. The van der Waals surface area contributed by atoms with Crippen molar-refractivity contribution in [3.63, 3.8) is 0 Å². The Morgan fingerprint density at radius 1 is 1.16 bits per heavy atom. The van der Waals surface area contributed by atoms with E-state index in [9.17, 15) is 9.18 Å². The smallest absolute Gasteiger partial charge is 0.238 e. The van der Waals surface area contributed by atoms with Gasteiger partial charge >= 0.3 is 0 Å². The van der Waals surface area contributed by atoms with E-state index in [1.54, 1.807) is 18.2 Å². The highest BCUT2D eigenvalue weighted by Gasteiger charge is 2.25. The van der Waals surface area contributed by atoms with Crippen molar-refractivity contribution in [3.8, 4) is 0 Å². The quantitative estimate of drug-likeness (QED) is 0.927. The third kappa shape index (κ3) is 4.37. The highest BCUT2D eigenvalue weighted by molar-refractivity contribution is 5.92. The fraction of sp³-hybridized carbons (Fsp3) is 0.350. The fourth-order valence-electron chi connectivity index (χ4n) is 3.25. The minimum Gasteiger partial charge on any atom is -0.366 e. The van der Waals surface area contributed by atoms with E-state index in [0.717, 1.165) is 19.6 Å². The molecule has 0 bridgehead atoms. The van der Waals surface area contributed by atoms with Crippen molar-refractivity contribution < 1.29 is 9.18 Å². The van der Waals surface area contributed by atoms with Gasteiger partial charge in [-0.25, -0.2) is 4.39 Å². The average Bonchev–Trinajstić information content (AvgIpc) is 2.58. The van der Waals surface area contributed by atoms with Crippen molar-refractivity contribution in [2.75, 3.05) is 36.4 Å². The van der Waals surface area contributed by atoms with E-state index in [0.29, 0.717) is 6.04 Å². The van der Waals surface area contributed by atoms with Crippen LogP contribution in [0.1, 0.15) is 12.5 Å². The lowest BCUT2D eigenvalue weighted by Crippen LogP contribution is -2.53.